The molecule has 0 unspecified atom stereocenters. The van der Waals surface area contributed by atoms with Crippen molar-refractivity contribution in [2.24, 2.45) is 0 Å². The number of carbonyl (C=O) groups is 2. The predicted octanol–water partition coefficient (Wildman–Crippen LogP) is 7.69. The van der Waals surface area contributed by atoms with Crippen molar-refractivity contribution in [3.63, 3.8) is 0 Å². The molecule has 48 heavy (non-hydrogen) atoms. The first-order valence-corrected chi connectivity index (χ1v) is 17.3. The third-order valence-electron chi connectivity index (χ3n) is 8.73. The van der Waals surface area contributed by atoms with E-state index < -0.39 is 24.0 Å². The molecule has 9 nitrogen and oxygen atoms in total. The van der Waals surface area contributed by atoms with Gasteiger partial charge < -0.3 is 19.9 Å². The number of thioether (sulfide) groups is 1. The summed E-state index contributed by atoms with van der Waals surface area (Å²) in [5.41, 5.74) is 2.37. The molecule has 2 amide bonds. The third-order valence-corrected chi connectivity index (χ3v) is 10.3. The van der Waals surface area contributed by atoms with Gasteiger partial charge in [0.15, 0.2) is 5.82 Å². The van der Waals surface area contributed by atoms with E-state index in [-0.39, 0.29) is 49.0 Å². The van der Waals surface area contributed by atoms with Crippen molar-refractivity contribution in [3.8, 4) is 0 Å². The molecule has 0 spiro atoms. The third kappa shape index (κ3) is 7.76. The van der Waals surface area contributed by atoms with Crippen LogP contribution in [0.3, 0.4) is 0 Å². The molecule has 4 heterocycles. The number of aromatic amines is 1. The van der Waals surface area contributed by atoms with Crippen molar-refractivity contribution in [1.29, 1.82) is 0 Å². The number of halogens is 5. The first-order chi connectivity index (χ1) is 23.0. The number of likely N-dealkylation sites (tertiary alicyclic amines) is 1. The van der Waals surface area contributed by atoms with E-state index in [1.807, 2.05) is 7.05 Å². The van der Waals surface area contributed by atoms with Crippen LogP contribution in [0, 0.1) is 0 Å². The van der Waals surface area contributed by atoms with Crippen LogP contribution in [0.2, 0.25) is 10.0 Å². The molecular formula is C33H33Cl2F3N6O3S. The Balaban J connectivity index is 1.33. The molecule has 4 aromatic rings. The first-order valence-electron chi connectivity index (χ1n) is 15.5. The van der Waals surface area contributed by atoms with E-state index in [0.29, 0.717) is 31.9 Å². The zero-order chi connectivity index (χ0) is 34.0. The Morgan fingerprint density at radius 2 is 1.81 bits per heavy atom. The number of pyridine rings is 1. The van der Waals surface area contributed by atoms with Crippen LogP contribution in [-0.2, 0) is 15.3 Å². The Bertz CT molecular complexity index is 1810. The minimum absolute atomic E-state index is 0.0757. The lowest BCUT2D eigenvalue weighted by molar-refractivity contribution is -0.171. The zero-order valence-electron chi connectivity index (χ0n) is 25.9. The van der Waals surface area contributed by atoms with Crippen molar-refractivity contribution >= 4 is 69.3 Å². The standard InChI is InChI=1S/C33H33Cl2F3N6O3S/c1-43-12-8-19(9-13-43)20-2-4-24(27(17-20)44(32(46)33(36,37)38)23-10-14-47-15-11-23)31(45)40-30-29-26(41-42-30)6-7-28(39-29)48-18-21-16-22(34)3-5-25(21)35/h2-7,16-17,19,23H,8-15,18H2,1H3,(H2,40,41,42,45). The Morgan fingerprint density at radius 3 is 2.54 bits per heavy atom. The van der Waals surface area contributed by atoms with Gasteiger partial charge in [0.05, 0.1) is 21.8 Å². The topological polar surface area (TPSA) is 103 Å². The predicted molar refractivity (Wildman–Crippen MR) is 181 cm³/mol. The molecule has 2 aliphatic rings. The lowest BCUT2D eigenvalue weighted by Gasteiger charge is -2.36. The molecular weight excluding hydrogens is 688 g/mol. The van der Waals surface area contributed by atoms with Gasteiger partial charge in [-0.25, -0.2) is 4.98 Å². The normalized spacial score (nSPS) is 16.7. The average Bonchev–Trinajstić information content (AvgIpc) is 3.47. The maximum absolute atomic E-state index is 14.1. The molecule has 0 atom stereocenters. The molecule has 15 heteroatoms. The second-order valence-electron chi connectivity index (χ2n) is 12.0. The van der Waals surface area contributed by atoms with Crippen LogP contribution >= 0.6 is 35.0 Å². The number of nitrogens with one attached hydrogen (secondary N) is 2. The molecule has 2 aromatic carbocycles. The highest BCUT2D eigenvalue weighted by Gasteiger charge is 2.46. The minimum Gasteiger partial charge on any atom is -0.381 e. The second kappa shape index (κ2) is 14.6. The highest BCUT2D eigenvalue weighted by molar-refractivity contribution is 7.98. The summed E-state index contributed by atoms with van der Waals surface area (Å²) in [6.45, 7) is 2.08. The Hall–Kier alpha value is -3.36. The van der Waals surface area contributed by atoms with Crippen LogP contribution in [0.1, 0.15) is 53.1 Å². The van der Waals surface area contributed by atoms with Crippen LogP contribution in [-0.4, -0.2) is 77.5 Å². The Morgan fingerprint density at radius 1 is 1.06 bits per heavy atom. The molecule has 0 bridgehead atoms. The number of anilines is 2. The number of benzene rings is 2. The Kier molecular flexibility index (Phi) is 10.5. The summed E-state index contributed by atoms with van der Waals surface area (Å²) >= 11 is 13.9. The van der Waals surface area contributed by atoms with Gasteiger partial charge in [-0.15, -0.1) is 11.8 Å². The van der Waals surface area contributed by atoms with Crippen molar-refractivity contribution in [1.82, 2.24) is 20.1 Å². The number of hydrogen-bond acceptors (Lipinski definition) is 7. The summed E-state index contributed by atoms with van der Waals surface area (Å²) in [6, 6.07) is 12.8. The summed E-state index contributed by atoms with van der Waals surface area (Å²) < 4.78 is 47.8. The summed E-state index contributed by atoms with van der Waals surface area (Å²) in [7, 11) is 2.02. The van der Waals surface area contributed by atoms with Gasteiger partial charge in [-0.2, -0.15) is 18.3 Å². The van der Waals surface area contributed by atoms with Crippen LogP contribution < -0.4 is 10.2 Å². The van der Waals surface area contributed by atoms with Crippen molar-refractivity contribution in [3.05, 3.63) is 75.3 Å². The van der Waals surface area contributed by atoms with E-state index in [0.717, 1.165) is 42.0 Å². The number of fused-ring (bicyclic) bond motifs is 1. The van der Waals surface area contributed by atoms with E-state index in [2.05, 4.69) is 25.4 Å². The number of piperidine rings is 1. The fourth-order valence-electron chi connectivity index (χ4n) is 6.12. The smallest absolute Gasteiger partial charge is 0.381 e. The average molecular weight is 722 g/mol. The maximum Gasteiger partial charge on any atom is 0.471 e. The summed E-state index contributed by atoms with van der Waals surface area (Å²) in [6.07, 6.45) is -3.13. The number of aromatic nitrogens is 3. The van der Waals surface area contributed by atoms with Crippen LogP contribution in [0.5, 0.6) is 0 Å². The Labute approximate surface area is 289 Å². The van der Waals surface area contributed by atoms with Gasteiger partial charge in [-0.05, 0) is 105 Å². The van der Waals surface area contributed by atoms with Gasteiger partial charge in [-0.3, -0.25) is 14.7 Å². The van der Waals surface area contributed by atoms with Gasteiger partial charge in [0.25, 0.3) is 5.91 Å². The fourth-order valence-corrected chi connectivity index (χ4v) is 7.44. The first kappa shape index (κ1) is 34.5. The molecule has 2 fully saturated rings. The highest BCUT2D eigenvalue weighted by Crippen LogP contribution is 2.37. The van der Waals surface area contributed by atoms with Crippen molar-refractivity contribution < 1.29 is 27.5 Å². The van der Waals surface area contributed by atoms with Crippen LogP contribution in [0.25, 0.3) is 11.0 Å². The number of ether oxygens (including phenoxy) is 1. The quantitative estimate of drug-likeness (QED) is 0.180. The SMILES string of the molecule is CN1CCC(c2ccc(C(=O)Nc3n[nH]c4ccc(SCc5cc(Cl)ccc5Cl)nc34)c(N(C(=O)C(F)(F)F)C3CCOCC3)c2)CC1. The molecule has 6 rings (SSSR count). The monoisotopic (exact) mass is 720 g/mol. The number of rotatable bonds is 8. The van der Waals surface area contributed by atoms with Gasteiger partial charge in [-0.1, -0.05) is 29.3 Å². The lowest BCUT2D eigenvalue weighted by atomic mass is 9.88. The minimum atomic E-state index is -5.15. The van der Waals surface area contributed by atoms with Crippen molar-refractivity contribution in [2.75, 3.05) is 43.6 Å². The van der Waals surface area contributed by atoms with E-state index in [1.54, 1.807) is 42.5 Å². The lowest BCUT2D eigenvalue weighted by Crippen LogP contribution is -2.50. The van der Waals surface area contributed by atoms with E-state index in [1.165, 1.54) is 17.8 Å². The largest absolute Gasteiger partial charge is 0.471 e. The number of carbonyl (C=O) groups excluding carboxylic acids is 2. The fraction of sp³-hybridized carbons (Fsp3) is 0.394. The molecule has 2 aliphatic heterocycles. The maximum atomic E-state index is 14.1. The molecule has 2 saturated heterocycles. The van der Waals surface area contributed by atoms with Gasteiger partial charge in [0.2, 0.25) is 0 Å². The van der Waals surface area contributed by atoms with Gasteiger partial charge in [0.1, 0.15) is 5.52 Å². The molecule has 254 valence electrons. The van der Waals surface area contributed by atoms with Gasteiger partial charge in [0, 0.05) is 35.1 Å². The molecule has 0 saturated carbocycles. The number of alkyl halides is 3. The molecule has 2 aromatic heterocycles. The zero-order valence-corrected chi connectivity index (χ0v) is 28.3. The summed E-state index contributed by atoms with van der Waals surface area (Å²) in [5.74, 6) is -2.07. The van der Waals surface area contributed by atoms with E-state index >= 15 is 0 Å². The van der Waals surface area contributed by atoms with E-state index in [9.17, 15) is 22.8 Å². The van der Waals surface area contributed by atoms with Crippen molar-refractivity contribution in [2.45, 2.75) is 54.6 Å². The number of amides is 2. The number of nitrogens with zero attached hydrogens (tertiary/aromatic N) is 4. The van der Waals surface area contributed by atoms with Crippen LogP contribution in [0.15, 0.2) is 53.6 Å². The van der Waals surface area contributed by atoms with Crippen LogP contribution in [0.4, 0.5) is 24.7 Å². The molecule has 0 aliphatic carbocycles. The summed E-state index contributed by atoms with van der Waals surface area (Å²) in [5, 5.41) is 11.6. The van der Waals surface area contributed by atoms with E-state index in [4.69, 9.17) is 27.9 Å². The number of H-pyrrole nitrogens is 1. The second-order valence-corrected chi connectivity index (χ2v) is 13.8. The summed E-state index contributed by atoms with van der Waals surface area (Å²) in [4.78, 5) is 34.7. The molecule has 0 radical (unpaired) electrons. The highest BCUT2D eigenvalue weighted by atomic mass is 35.5. The molecule has 2 N–H and O–H groups in total. The van der Waals surface area contributed by atoms with Gasteiger partial charge >= 0.3 is 12.1 Å². The number of hydrogen-bond donors (Lipinski definition) is 2.